The third kappa shape index (κ3) is 6.66. The Morgan fingerprint density at radius 2 is 2.16 bits per heavy atom. The number of aryl methyl sites for hydroxylation is 1. The largest absolute Gasteiger partial charge is 0.385 e. The first-order valence-corrected chi connectivity index (χ1v) is 6.82. The topological polar surface area (TPSA) is 69.4 Å². The van der Waals surface area contributed by atoms with E-state index in [1.807, 2.05) is 0 Å². The van der Waals surface area contributed by atoms with Crippen LogP contribution in [0.25, 0.3) is 0 Å². The van der Waals surface area contributed by atoms with Gasteiger partial charge in [-0.1, -0.05) is 12.1 Å². The molecule has 0 aliphatic heterocycles. The van der Waals surface area contributed by atoms with Gasteiger partial charge in [0.25, 0.3) is 0 Å². The predicted molar refractivity (Wildman–Crippen MR) is 72.2 cm³/mol. The van der Waals surface area contributed by atoms with Crippen molar-refractivity contribution in [3.8, 4) is 0 Å². The van der Waals surface area contributed by atoms with E-state index in [4.69, 9.17) is 14.0 Å². The van der Waals surface area contributed by atoms with Gasteiger partial charge in [0.1, 0.15) is 0 Å². The van der Waals surface area contributed by atoms with Crippen LogP contribution in [0.2, 0.25) is 0 Å². The molecule has 1 aromatic heterocycles. The Morgan fingerprint density at radius 1 is 1.32 bits per heavy atom. The van der Waals surface area contributed by atoms with Gasteiger partial charge in [0, 0.05) is 39.7 Å². The second-order valence-electron chi connectivity index (χ2n) is 4.51. The van der Waals surface area contributed by atoms with Crippen LogP contribution in [0, 0.1) is 0 Å². The Bertz CT molecular complexity index is 331. The minimum absolute atomic E-state index is 0.220. The Balaban J connectivity index is 2.40. The SMILES string of the molecule is CCCNC(COC)Cc1nc(CCCOC)no1. The maximum absolute atomic E-state index is 5.25. The molecule has 1 atom stereocenters. The Kier molecular flexibility index (Phi) is 8.36. The fourth-order valence-electron chi connectivity index (χ4n) is 1.80. The van der Waals surface area contributed by atoms with Crippen LogP contribution in [-0.2, 0) is 22.3 Å². The fraction of sp³-hybridized carbons (Fsp3) is 0.846. The van der Waals surface area contributed by atoms with E-state index in [1.54, 1.807) is 14.2 Å². The molecule has 0 amide bonds. The number of hydrogen-bond acceptors (Lipinski definition) is 6. The lowest BCUT2D eigenvalue weighted by molar-refractivity contribution is 0.161. The molecule has 0 radical (unpaired) electrons. The summed E-state index contributed by atoms with van der Waals surface area (Å²) in [6.07, 6.45) is 3.48. The zero-order valence-electron chi connectivity index (χ0n) is 12.1. The van der Waals surface area contributed by atoms with Crippen LogP contribution >= 0.6 is 0 Å². The number of nitrogens with one attached hydrogen (secondary N) is 1. The summed E-state index contributed by atoms with van der Waals surface area (Å²) in [6, 6.07) is 0.220. The van der Waals surface area contributed by atoms with E-state index >= 15 is 0 Å². The van der Waals surface area contributed by atoms with Crippen LogP contribution in [0.4, 0.5) is 0 Å². The minimum Gasteiger partial charge on any atom is -0.385 e. The van der Waals surface area contributed by atoms with E-state index in [0.29, 0.717) is 25.5 Å². The molecule has 110 valence electrons. The van der Waals surface area contributed by atoms with E-state index < -0.39 is 0 Å². The number of ether oxygens (including phenoxy) is 2. The van der Waals surface area contributed by atoms with Crippen LogP contribution in [0.1, 0.15) is 31.5 Å². The summed E-state index contributed by atoms with van der Waals surface area (Å²) in [5.41, 5.74) is 0. The van der Waals surface area contributed by atoms with Crippen LogP contribution in [0.5, 0.6) is 0 Å². The summed E-state index contributed by atoms with van der Waals surface area (Å²) in [6.45, 7) is 4.45. The average molecular weight is 271 g/mol. The van der Waals surface area contributed by atoms with Gasteiger partial charge in [0.15, 0.2) is 5.82 Å². The summed E-state index contributed by atoms with van der Waals surface area (Å²) < 4.78 is 15.4. The molecule has 0 aromatic carbocycles. The maximum atomic E-state index is 5.25. The zero-order chi connectivity index (χ0) is 13.9. The predicted octanol–water partition coefficient (Wildman–Crippen LogP) is 1.21. The highest BCUT2D eigenvalue weighted by molar-refractivity contribution is 4.90. The van der Waals surface area contributed by atoms with E-state index in [2.05, 4.69) is 22.4 Å². The first-order valence-electron chi connectivity index (χ1n) is 6.82. The summed E-state index contributed by atoms with van der Waals surface area (Å²) in [7, 11) is 3.39. The summed E-state index contributed by atoms with van der Waals surface area (Å²) in [5.74, 6) is 1.41. The average Bonchev–Trinajstić information content (AvgIpc) is 2.84. The molecule has 0 aliphatic carbocycles. The van der Waals surface area contributed by atoms with Gasteiger partial charge < -0.3 is 19.3 Å². The third-order valence-corrected chi connectivity index (χ3v) is 2.73. The van der Waals surface area contributed by atoms with Gasteiger partial charge in [0.2, 0.25) is 5.89 Å². The van der Waals surface area contributed by atoms with Gasteiger partial charge in [-0.15, -0.1) is 0 Å². The van der Waals surface area contributed by atoms with E-state index in [1.165, 1.54) is 0 Å². The molecule has 19 heavy (non-hydrogen) atoms. The molecular formula is C13H25N3O3. The fourth-order valence-corrected chi connectivity index (χ4v) is 1.80. The normalized spacial score (nSPS) is 12.8. The van der Waals surface area contributed by atoms with Crippen LogP contribution in [-0.4, -0.2) is 50.2 Å². The molecule has 0 spiro atoms. The van der Waals surface area contributed by atoms with Gasteiger partial charge >= 0.3 is 0 Å². The van der Waals surface area contributed by atoms with Crippen LogP contribution in [0.3, 0.4) is 0 Å². The molecular weight excluding hydrogens is 246 g/mol. The first kappa shape index (κ1) is 16.1. The highest BCUT2D eigenvalue weighted by Crippen LogP contribution is 2.04. The number of rotatable bonds is 11. The van der Waals surface area contributed by atoms with Crippen molar-refractivity contribution in [3.05, 3.63) is 11.7 Å². The van der Waals surface area contributed by atoms with Crippen molar-refractivity contribution in [2.75, 3.05) is 34.0 Å². The van der Waals surface area contributed by atoms with E-state index in [-0.39, 0.29) is 6.04 Å². The van der Waals surface area contributed by atoms with E-state index in [9.17, 15) is 0 Å². The first-order chi connectivity index (χ1) is 9.30. The van der Waals surface area contributed by atoms with Gasteiger partial charge in [-0.3, -0.25) is 0 Å². The Labute approximate surface area is 114 Å². The van der Waals surface area contributed by atoms with Crippen molar-refractivity contribution < 1.29 is 14.0 Å². The van der Waals surface area contributed by atoms with Crippen molar-refractivity contribution in [2.45, 2.75) is 38.6 Å². The quantitative estimate of drug-likeness (QED) is 0.610. The molecule has 0 bridgehead atoms. The smallest absolute Gasteiger partial charge is 0.228 e. The highest BCUT2D eigenvalue weighted by atomic mass is 16.5. The number of nitrogens with zero attached hydrogens (tertiary/aromatic N) is 2. The highest BCUT2D eigenvalue weighted by Gasteiger charge is 2.14. The van der Waals surface area contributed by atoms with Crippen LogP contribution < -0.4 is 5.32 Å². The lowest BCUT2D eigenvalue weighted by Crippen LogP contribution is -2.35. The monoisotopic (exact) mass is 271 g/mol. The van der Waals surface area contributed by atoms with E-state index in [0.717, 1.165) is 31.6 Å². The van der Waals surface area contributed by atoms with Crippen molar-refractivity contribution in [1.29, 1.82) is 0 Å². The molecule has 0 fully saturated rings. The molecule has 0 saturated carbocycles. The molecule has 1 rings (SSSR count). The maximum Gasteiger partial charge on any atom is 0.228 e. The summed E-state index contributed by atoms with van der Waals surface area (Å²) in [4.78, 5) is 4.38. The Hall–Kier alpha value is -0.980. The Morgan fingerprint density at radius 3 is 2.84 bits per heavy atom. The lowest BCUT2D eigenvalue weighted by Gasteiger charge is -2.15. The van der Waals surface area contributed by atoms with Crippen molar-refractivity contribution in [3.63, 3.8) is 0 Å². The molecule has 0 saturated heterocycles. The van der Waals surface area contributed by atoms with Gasteiger partial charge in [0.05, 0.1) is 6.61 Å². The zero-order valence-corrected chi connectivity index (χ0v) is 12.1. The number of methoxy groups -OCH3 is 2. The van der Waals surface area contributed by atoms with Gasteiger partial charge in [-0.05, 0) is 19.4 Å². The number of hydrogen-bond donors (Lipinski definition) is 1. The summed E-state index contributed by atoms with van der Waals surface area (Å²) >= 11 is 0. The number of aromatic nitrogens is 2. The van der Waals surface area contributed by atoms with Crippen LogP contribution in [0.15, 0.2) is 4.52 Å². The van der Waals surface area contributed by atoms with Crippen molar-refractivity contribution >= 4 is 0 Å². The van der Waals surface area contributed by atoms with Gasteiger partial charge in [-0.25, -0.2) is 0 Å². The standard InChI is InChI=1S/C13H25N3O3/c1-4-7-14-11(10-18-3)9-13-15-12(16-19-13)6-5-8-17-2/h11,14H,4-10H2,1-3H3. The second kappa shape index (κ2) is 9.89. The molecule has 6 nitrogen and oxygen atoms in total. The van der Waals surface area contributed by atoms with Crippen molar-refractivity contribution in [2.24, 2.45) is 0 Å². The molecule has 6 heteroatoms. The molecule has 1 heterocycles. The molecule has 1 aromatic rings. The molecule has 1 N–H and O–H groups in total. The summed E-state index contributed by atoms with van der Waals surface area (Å²) in [5, 5.41) is 7.38. The molecule has 1 unspecified atom stereocenters. The van der Waals surface area contributed by atoms with Crippen molar-refractivity contribution in [1.82, 2.24) is 15.5 Å². The minimum atomic E-state index is 0.220. The second-order valence-corrected chi connectivity index (χ2v) is 4.51. The van der Waals surface area contributed by atoms with Gasteiger partial charge in [-0.2, -0.15) is 4.98 Å². The lowest BCUT2D eigenvalue weighted by atomic mass is 10.2. The molecule has 0 aliphatic rings. The third-order valence-electron chi connectivity index (χ3n) is 2.73.